The Morgan fingerprint density at radius 3 is 1.87 bits per heavy atom. The fourth-order valence-corrected chi connectivity index (χ4v) is 2.52. The van der Waals surface area contributed by atoms with E-state index in [1.165, 1.54) is 0 Å². The second-order valence-electron chi connectivity index (χ2n) is 5.29. The summed E-state index contributed by atoms with van der Waals surface area (Å²) in [5.74, 6) is 0.242. The van der Waals surface area contributed by atoms with Crippen LogP contribution in [-0.4, -0.2) is 19.9 Å². The molecule has 3 aromatic heterocycles. The summed E-state index contributed by atoms with van der Waals surface area (Å²) in [6.45, 7) is 2.17. The van der Waals surface area contributed by atoms with Crippen molar-refractivity contribution in [2.24, 2.45) is 0 Å². The van der Waals surface area contributed by atoms with Crippen molar-refractivity contribution in [3.05, 3.63) is 54.4 Å². The summed E-state index contributed by atoms with van der Waals surface area (Å²) in [6, 6.07) is 11.6. The number of nitrogens with zero attached hydrogens (tertiary/aromatic N) is 4. The molecule has 0 atom stereocenters. The van der Waals surface area contributed by atoms with E-state index in [-0.39, 0.29) is 5.95 Å². The minimum atomic E-state index is 0.242. The molecule has 0 aliphatic heterocycles. The molecule has 0 radical (unpaired) electrons. The van der Waals surface area contributed by atoms with E-state index in [1.54, 1.807) is 12.4 Å². The molecule has 23 heavy (non-hydrogen) atoms. The van der Waals surface area contributed by atoms with Crippen LogP contribution in [0.3, 0.4) is 0 Å². The summed E-state index contributed by atoms with van der Waals surface area (Å²) in [7, 11) is 0. The fourth-order valence-electron chi connectivity index (χ4n) is 2.52. The molecule has 0 aliphatic rings. The Bertz CT molecular complexity index is 711. The highest BCUT2D eigenvalue weighted by Crippen LogP contribution is 2.29. The third-order valence-electron chi connectivity index (χ3n) is 3.62. The highest BCUT2D eigenvalue weighted by Gasteiger charge is 2.17. The first-order chi connectivity index (χ1) is 11.3. The van der Waals surface area contributed by atoms with Crippen molar-refractivity contribution in [3.63, 3.8) is 0 Å². The topological polar surface area (TPSA) is 77.6 Å². The number of rotatable bonds is 5. The van der Waals surface area contributed by atoms with E-state index in [9.17, 15) is 0 Å². The molecule has 3 heterocycles. The van der Waals surface area contributed by atoms with Gasteiger partial charge in [0.15, 0.2) is 0 Å². The van der Waals surface area contributed by atoms with Crippen molar-refractivity contribution in [1.82, 2.24) is 19.9 Å². The van der Waals surface area contributed by atoms with Gasteiger partial charge in [-0.2, -0.15) is 0 Å². The molecule has 116 valence electrons. The van der Waals surface area contributed by atoms with Crippen LogP contribution in [0.1, 0.15) is 25.3 Å². The summed E-state index contributed by atoms with van der Waals surface area (Å²) in [5.41, 5.74) is 10.2. The van der Waals surface area contributed by atoms with Crippen LogP contribution in [0.4, 0.5) is 5.95 Å². The Labute approximate surface area is 135 Å². The Balaban J connectivity index is 2.21. The molecule has 0 fully saturated rings. The number of unbranched alkanes of at least 4 members (excludes halogenated alkanes) is 1. The average molecular weight is 305 g/mol. The van der Waals surface area contributed by atoms with E-state index in [1.807, 2.05) is 36.4 Å². The summed E-state index contributed by atoms with van der Waals surface area (Å²) in [4.78, 5) is 17.8. The standard InChI is InChI=1S/C18H19N5/c1-2-3-8-13-16(14-9-4-6-11-20-14)22-18(19)23-17(13)15-10-5-7-12-21-15/h4-7,9-12H,2-3,8H2,1H3,(H2,19,22,23). The summed E-state index contributed by atoms with van der Waals surface area (Å²) < 4.78 is 0. The number of aromatic nitrogens is 4. The maximum atomic E-state index is 5.95. The maximum Gasteiger partial charge on any atom is 0.221 e. The third kappa shape index (κ3) is 3.34. The van der Waals surface area contributed by atoms with Gasteiger partial charge in [0.25, 0.3) is 0 Å². The van der Waals surface area contributed by atoms with Gasteiger partial charge in [-0.25, -0.2) is 9.97 Å². The van der Waals surface area contributed by atoms with Gasteiger partial charge >= 0.3 is 0 Å². The summed E-state index contributed by atoms with van der Waals surface area (Å²) >= 11 is 0. The number of anilines is 1. The van der Waals surface area contributed by atoms with Gasteiger partial charge in [-0.1, -0.05) is 25.5 Å². The van der Waals surface area contributed by atoms with E-state index in [2.05, 4.69) is 26.9 Å². The van der Waals surface area contributed by atoms with Crippen molar-refractivity contribution in [2.75, 3.05) is 5.73 Å². The third-order valence-corrected chi connectivity index (χ3v) is 3.62. The van der Waals surface area contributed by atoms with E-state index in [0.717, 1.165) is 47.6 Å². The van der Waals surface area contributed by atoms with Crippen LogP contribution in [-0.2, 0) is 6.42 Å². The first-order valence-electron chi connectivity index (χ1n) is 7.78. The molecule has 5 heteroatoms. The van der Waals surface area contributed by atoms with Crippen molar-refractivity contribution >= 4 is 5.95 Å². The molecule has 0 bridgehead atoms. The molecule has 0 amide bonds. The molecule has 0 aromatic carbocycles. The predicted molar refractivity (Wildman–Crippen MR) is 91.5 cm³/mol. The monoisotopic (exact) mass is 305 g/mol. The molecule has 3 rings (SSSR count). The Hall–Kier alpha value is -2.82. The van der Waals surface area contributed by atoms with Crippen molar-refractivity contribution < 1.29 is 0 Å². The first-order valence-corrected chi connectivity index (χ1v) is 7.78. The van der Waals surface area contributed by atoms with Crippen molar-refractivity contribution in [2.45, 2.75) is 26.2 Å². The van der Waals surface area contributed by atoms with E-state index < -0.39 is 0 Å². The van der Waals surface area contributed by atoms with Crippen LogP contribution in [0, 0.1) is 0 Å². The van der Waals surface area contributed by atoms with Gasteiger partial charge in [0, 0.05) is 18.0 Å². The Morgan fingerprint density at radius 2 is 1.43 bits per heavy atom. The van der Waals surface area contributed by atoms with E-state index >= 15 is 0 Å². The first kappa shape index (κ1) is 15.1. The molecular formula is C18H19N5. The number of hydrogen-bond donors (Lipinski definition) is 1. The number of nitrogens with two attached hydrogens (primary N) is 1. The van der Waals surface area contributed by atoms with Gasteiger partial charge in [0.05, 0.1) is 22.8 Å². The Kier molecular flexibility index (Phi) is 4.57. The molecular weight excluding hydrogens is 286 g/mol. The number of pyridine rings is 2. The summed E-state index contributed by atoms with van der Waals surface area (Å²) in [5, 5.41) is 0. The number of hydrogen-bond acceptors (Lipinski definition) is 5. The molecule has 3 aromatic rings. The highest BCUT2D eigenvalue weighted by molar-refractivity contribution is 5.71. The van der Waals surface area contributed by atoms with Crippen molar-refractivity contribution in [3.8, 4) is 22.8 Å². The van der Waals surface area contributed by atoms with Gasteiger partial charge in [-0.05, 0) is 37.1 Å². The zero-order valence-corrected chi connectivity index (χ0v) is 13.1. The molecule has 2 N–H and O–H groups in total. The molecule has 0 unspecified atom stereocenters. The van der Waals surface area contributed by atoms with Crippen LogP contribution in [0.25, 0.3) is 22.8 Å². The molecule has 5 nitrogen and oxygen atoms in total. The minimum Gasteiger partial charge on any atom is -0.368 e. The minimum absolute atomic E-state index is 0.242. The zero-order chi connectivity index (χ0) is 16.1. The smallest absolute Gasteiger partial charge is 0.221 e. The fraction of sp³-hybridized carbons (Fsp3) is 0.222. The predicted octanol–water partition coefficient (Wildman–Crippen LogP) is 3.53. The lowest BCUT2D eigenvalue weighted by Crippen LogP contribution is -2.06. The molecule has 0 spiro atoms. The largest absolute Gasteiger partial charge is 0.368 e. The lowest BCUT2D eigenvalue weighted by molar-refractivity contribution is 0.790. The highest BCUT2D eigenvalue weighted by atomic mass is 15.0. The van der Waals surface area contributed by atoms with Gasteiger partial charge in [0.1, 0.15) is 0 Å². The zero-order valence-electron chi connectivity index (χ0n) is 13.1. The van der Waals surface area contributed by atoms with Gasteiger partial charge < -0.3 is 5.73 Å². The second kappa shape index (κ2) is 6.96. The van der Waals surface area contributed by atoms with Crippen LogP contribution < -0.4 is 5.73 Å². The van der Waals surface area contributed by atoms with Gasteiger partial charge in [-0.15, -0.1) is 0 Å². The van der Waals surface area contributed by atoms with Crippen LogP contribution in [0.15, 0.2) is 48.8 Å². The SMILES string of the molecule is CCCCc1c(-c2ccccn2)nc(N)nc1-c1ccccn1. The van der Waals surface area contributed by atoms with Gasteiger partial charge in [0.2, 0.25) is 5.95 Å². The van der Waals surface area contributed by atoms with Gasteiger partial charge in [-0.3, -0.25) is 9.97 Å². The van der Waals surface area contributed by atoms with Crippen molar-refractivity contribution in [1.29, 1.82) is 0 Å². The number of nitrogen functional groups attached to an aromatic ring is 1. The quantitative estimate of drug-likeness (QED) is 0.780. The molecule has 0 saturated carbocycles. The van der Waals surface area contributed by atoms with E-state index in [0.29, 0.717) is 0 Å². The van der Waals surface area contributed by atoms with Crippen LogP contribution >= 0.6 is 0 Å². The van der Waals surface area contributed by atoms with E-state index in [4.69, 9.17) is 5.73 Å². The Morgan fingerprint density at radius 1 is 0.870 bits per heavy atom. The lowest BCUT2D eigenvalue weighted by atomic mass is 10.0. The molecule has 0 saturated heterocycles. The van der Waals surface area contributed by atoms with Crippen LogP contribution in [0.2, 0.25) is 0 Å². The normalized spacial score (nSPS) is 10.7. The average Bonchev–Trinajstić information content (AvgIpc) is 2.61. The summed E-state index contributed by atoms with van der Waals surface area (Å²) in [6.07, 6.45) is 6.53. The second-order valence-corrected chi connectivity index (χ2v) is 5.29. The van der Waals surface area contributed by atoms with Crippen LogP contribution in [0.5, 0.6) is 0 Å². The lowest BCUT2D eigenvalue weighted by Gasteiger charge is -2.13. The molecule has 0 aliphatic carbocycles. The maximum absolute atomic E-state index is 5.95.